The Morgan fingerprint density at radius 2 is 1.89 bits per heavy atom. The molecule has 136 valence electrons. The summed E-state index contributed by atoms with van der Waals surface area (Å²) in [5.41, 5.74) is 3.95. The van der Waals surface area contributed by atoms with Gasteiger partial charge < -0.3 is 0 Å². The monoisotopic (exact) mass is 395 g/mol. The van der Waals surface area contributed by atoms with Crippen molar-refractivity contribution in [2.24, 2.45) is 0 Å². The zero-order chi connectivity index (χ0) is 18.8. The molecule has 2 aromatic heterocycles. The summed E-state index contributed by atoms with van der Waals surface area (Å²) in [6.45, 7) is 2.19. The summed E-state index contributed by atoms with van der Waals surface area (Å²) in [6.07, 6.45) is 5.25. The molecular formula is C23H19ClFNS. The molecule has 0 saturated heterocycles. The van der Waals surface area contributed by atoms with Gasteiger partial charge in [0.2, 0.25) is 0 Å². The van der Waals surface area contributed by atoms with Crippen molar-refractivity contribution in [1.29, 1.82) is 0 Å². The lowest BCUT2D eigenvalue weighted by molar-refractivity contribution is 0.628. The van der Waals surface area contributed by atoms with Gasteiger partial charge in [0.1, 0.15) is 5.82 Å². The summed E-state index contributed by atoms with van der Waals surface area (Å²) in [4.78, 5) is 7.06. The van der Waals surface area contributed by atoms with E-state index < -0.39 is 0 Å². The molecule has 2 aromatic carbocycles. The van der Waals surface area contributed by atoms with Crippen LogP contribution in [0.1, 0.15) is 24.6 Å². The number of rotatable bonds is 5. The highest BCUT2D eigenvalue weighted by atomic mass is 35.5. The number of hydrogen-bond donors (Lipinski definition) is 0. The number of thiophene rings is 1. The van der Waals surface area contributed by atoms with Gasteiger partial charge in [-0.15, -0.1) is 11.3 Å². The van der Waals surface area contributed by atoms with Crippen LogP contribution in [0.4, 0.5) is 4.39 Å². The van der Waals surface area contributed by atoms with Gasteiger partial charge in [-0.05, 0) is 49.2 Å². The van der Waals surface area contributed by atoms with Crippen LogP contribution in [0.15, 0.2) is 60.8 Å². The number of halogens is 2. The van der Waals surface area contributed by atoms with Gasteiger partial charge in [-0.2, -0.15) is 0 Å². The van der Waals surface area contributed by atoms with Crippen LogP contribution in [0, 0.1) is 5.82 Å². The molecule has 0 spiro atoms. The van der Waals surface area contributed by atoms with Gasteiger partial charge >= 0.3 is 0 Å². The Morgan fingerprint density at radius 3 is 2.70 bits per heavy atom. The van der Waals surface area contributed by atoms with Crippen molar-refractivity contribution in [3.63, 3.8) is 0 Å². The topological polar surface area (TPSA) is 12.9 Å². The Balaban J connectivity index is 1.87. The highest BCUT2D eigenvalue weighted by molar-refractivity contribution is 7.16. The van der Waals surface area contributed by atoms with E-state index in [0.717, 1.165) is 51.7 Å². The highest BCUT2D eigenvalue weighted by Gasteiger charge is 2.16. The number of nitrogens with zero attached hydrogens (tertiary/aromatic N) is 1. The van der Waals surface area contributed by atoms with Crippen molar-refractivity contribution in [2.45, 2.75) is 26.2 Å². The Morgan fingerprint density at radius 1 is 1.04 bits per heavy atom. The summed E-state index contributed by atoms with van der Waals surface area (Å²) < 4.78 is 13.5. The molecular weight excluding hydrogens is 377 g/mol. The van der Waals surface area contributed by atoms with E-state index in [-0.39, 0.29) is 5.82 Å². The molecule has 1 nitrogen and oxygen atoms in total. The summed E-state index contributed by atoms with van der Waals surface area (Å²) in [7, 11) is 0. The molecule has 2 heterocycles. The molecule has 0 amide bonds. The van der Waals surface area contributed by atoms with Crippen LogP contribution in [0.3, 0.4) is 0 Å². The molecule has 0 radical (unpaired) electrons. The van der Waals surface area contributed by atoms with Crippen molar-refractivity contribution in [3.05, 3.63) is 76.5 Å². The number of benzene rings is 2. The van der Waals surface area contributed by atoms with E-state index in [1.165, 1.54) is 17.0 Å². The maximum Gasteiger partial charge on any atom is 0.124 e. The maximum atomic E-state index is 13.5. The lowest BCUT2D eigenvalue weighted by Crippen LogP contribution is -1.85. The van der Waals surface area contributed by atoms with Crippen molar-refractivity contribution >= 4 is 33.8 Å². The van der Waals surface area contributed by atoms with Crippen molar-refractivity contribution in [2.75, 3.05) is 0 Å². The van der Waals surface area contributed by atoms with Gasteiger partial charge in [0.05, 0.1) is 10.5 Å². The number of pyridine rings is 1. The fourth-order valence-electron chi connectivity index (χ4n) is 3.23. The van der Waals surface area contributed by atoms with E-state index in [2.05, 4.69) is 30.1 Å². The Bertz CT molecular complexity index is 1100. The first kappa shape index (κ1) is 18.1. The average Bonchev–Trinajstić information content (AvgIpc) is 3.10. The van der Waals surface area contributed by atoms with Gasteiger partial charge in [0.25, 0.3) is 0 Å². The second kappa shape index (κ2) is 7.79. The van der Waals surface area contributed by atoms with E-state index in [0.29, 0.717) is 5.02 Å². The summed E-state index contributed by atoms with van der Waals surface area (Å²) >= 11 is 8.16. The first-order valence-electron chi connectivity index (χ1n) is 9.09. The minimum atomic E-state index is -0.320. The molecule has 4 aromatic rings. The lowest BCUT2D eigenvalue weighted by Gasteiger charge is -2.07. The molecule has 0 saturated carbocycles. The van der Waals surface area contributed by atoms with E-state index in [9.17, 15) is 4.39 Å². The third-order valence-electron chi connectivity index (χ3n) is 4.63. The van der Waals surface area contributed by atoms with Gasteiger partial charge in [0, 0.05) is 38.0 Å². The zero-order valence-electron chi connectivity index (χ0n) is 15.0. The SMILES string of the molecule is CCCCc1cc(-c2ccc(F)cc2Cl)c(-c2cnc3ccccc3c2)s1. The molecule has 0 bridgehead atoms. The molecule has 0 fully saturated rings. The van der Waals surface area contributed by atoms with E-state index in [1.807, 2.05) is 24.4 Å². The smallest absolute Gasteiger partial charge is 0.124 e. The third-order valence-corrected chi connectivity index (χ3v) is 6.19. The van der Waals surface area contributed by atoms with Crippen LogP contribution >= 0.6 is 22.9 Å². The van der Waals surface area contributed by atoms with E-state index in [1.54, 1.807) is 17.4 Å². The average molecular weight is 396 g/mol. The van der Waals surface area contributed by atoms with Gasteiger partial charge in [-0.3, -0.25) is 4.98 Å². The van der Waals surface area contributed by atoms with E-state index >= 15 is 0 Å². The zero-order valence-corrected chi connectivity index (χ0v) is 16.6. The molecule has 0 unspecified atom stereocenters. The fraction of sp³-hybridized carbons (Fsp3) is 0.174. The number of aromatic nitrogens is 1. The van der Waals surface area contributed by atoms with Crippen LogP contribution in [0.5, 0.6) is 0 Å². The van der Waals surface area contributed by atoms with Gasteiger partial charge in [-0.25, -0.2) is 4.39 Å². The first-order chi connectivity index (χ1) is 13.2. The van der Waals surface area contributed by atoms with Crippen LogP contribution in [0.25, 0.3) is 32.5 Å². The second-order valence-electron chi connectivity index (χ2n) is 6.60. The molecule has 0 aliphatic rings. The molecule has 0 aliphatic carbocycles. The van der Waals surface area contributed by atoms with E-state index in [4.69, 9.17) is 11.6 Å². The number of para-hydroxylation sites is 1. The second-order valence-corrected chi connectivity index (χ2v) is 8.14. The van der Waals surface area contributed by atoms with Gasteiger partial charge in [-0.1, -0.05) is 43.1 Å². The predicted molar refractivity (Wildman–Crippen MR) is 114 cm³/mol. The Hall–Kier alpha value is -2.23. The van der Waals surface area contributed by atoms with Crippen LogP contribution in [-0.2, 0) is 6.42 Å². The molecule has 4 heteroatoms. The maximum absolute atomic E-state index is 13.5. The minimum Gasteiger partial charge on any atom is -0.256 e. The minimum absolute atomic E-state index is 0.320. The first-order valence-corrected chi connectivity index (χ1v) is 10.3. The van der Waals surface area contributed by atoms with Crippen molar-refractivity contribution < 1.29 is 4.39 Å². The predicted octanol–water partition coefficient (Wildman–Crippen LogP) is 7.77. The van der Waals surface area contributed by atoms with Crippen molar-refractivity contribution in [3.8, 4) is 21.6 Å². The van der Waals surface area contributed by atoms with Gasteiger partial charge in [0.15, 0.2) is 0 Å². The number of aryl methyl sites for hydroxylation is 1. The normalized spacial score (nSPS) is 11.2. The molecule has 4 rings (SSSR count). The summed E-state index contributed by atoms with van der Waals surface area (Å²) in [5, 5.41) is 1.54. The quantitative estimate of drug-likeness (QED) is 0.336. The number of hydrogen-bond acceptors (Lipinski definition) is 2. The molecule has 0 atom stereocenters. The summed E-state index contributed by atoms with van der Waals surface area (Å²) in [6, 6.07) is 17.1. The van der Waals surface area contributed by atoms with Crippen LogP contribution < -0.4 is 0 Å². The largest absolute Gasteiger partial charge is 0.256 e. The Labute approximate surface area is 167 Å². The number of fused-ring (bicyclic) bond motifs is 1. The standard InChI is InChI=1S/C23H19ClFNS/c1-2-3-7-18-13-20(19-10-9-17(25)12-21(19)24)23(27-18)16-11-15-6-4-5-8-22(15)26-14-16/h4-6,8-14H,2-3,7H2,1H3. The lowest BCUT2D eigenvalue weighted by atomic mass is 10.0. The number of unbranched alkanes of at least 4 members (excludes halogenated alkanes) is 1. The molecule has 27 heavy (non-hydrogen) atoms. The van der Waals surface area contributed by atoms with Crippen molar-refractivity contribution in [1.82, 2.24) is 4.98 Å². The highest BCUT2D eigenvalue weighted by Crippen LogP contribution is 2.42. The van der Waals surface area contributed by atoms with Crippen LogP contribution in [0.2, 0.25) is 5.02 Å². The molecule has 0 aliphatic heterocycles. The van der Waals surface area contributed by atoms with Crippen LogP contribution in [-0.4, -0.2) is 4.98 Å². The molecule has 0 N–H and O–H groups in total. The third kappa shape index (κ3) is 3.76. The Kier molecular flexibility index (Phi) is 5.24. The fourth-order valence-corrected chi connectivity index (χ4v) is 4.70. The summed E-state index contributed by atoms with van der Waals surface area (Å²) in [5.74, 6) is -0.320.